The Hall–Kier alpha value is -2.11. The van der Waals surface area contributed by atoms with Crippen molar-refractivity contribution in [2.75, 3.05) is 13.1 Å². The quantitative estimate of drug-likeness (QED) is 0.798. The maximum atomic E-state index is 8.43. The average molecular weight is 250 g/mol. The molecule has 2 heteroatoms. The van der Waals surface area contributed by atoms with E-state index in [1.807, 2.05) is 6.07 Å². The first-order chi connectivity index (χ1) is 9.40. The lowest BCUT2D eigenvalue weighted by molar-refractivity contribution is 0.692. The second-order valence-electron chi connectivity index (χ2n) is 4.47. The van der Waals surface area contributed by atoms with Crippen LogP contribution in [-0.2, 0) is 6.42 Å². The lowest BCUT2D eigenvalue weighted by atomic mass is 10.0. The summed E-state index contributed by atoms with van der Waals surface area (Å²) in [5.41, 5.74) is 3.83. The van der Waals surface area contributed by atoms with Gasteiger partial charge in [0.2, 0.25) is 0 Å². The van der Waals surface area contributed by atoms with E-state index in [0.29, 0.717) is 6.42 Å². The van der Waals surface area contributed by atoms with Gasteiger partial charge >= 0.3 is 0 Å². The molecule has 0 fully saturated rings. The molecule has 0 atom stereocenters. The predicted molar refractivity (Wildman–Crippen MR) is 78.7 cm³/mol. The Kier molecular flexibility index (Phi) is 5.16. The van der Waals surface area contributed by atoms with Crippen molar-refractivity contribution in [3.05, 3.63) is 60.2 Å². The largest absolute Gasteiger partial charge is 0.315 e. The molecule has 0 aromatic heterocycles. The van der Waals surface area contributed by atoms with Gasteiger partial charge in [-0.15, -0.1) is 0 Å². The van der Waals surface area contributed by atoms with Gasteiger partial charge in [0.05, 0.1) is 6.07 Å². The summed E-state index contributed by atoms with van der Waals surface area (Å²) >= 11 is 0. The molecule has 0 saturated heterocycles. The minimum absolute atomic E-state index is 0.576. The molecule has 2 aromatic rings. The smallest absolute Gasteiger partial charge is 0.0635 e. The Morgan fingerprint density at radius 3 is 2.21 bits per heavy atom. The van der Waals surface area contributed by atoms with Gasteiger partial charge in [0.25, 0.3) is 0 Å². The standard InChI is InChI=1S/C17H18N2/c18-12-4-13-19-14-11-15-7-9-17(10-8-15)16-5-2-1-3-6-16/h1-3,5-10,19H,4,11,13-14H2. The van der Waals surface area contributed by atoms with Crippen molar-refractivity contribution in [2.45, 2.75) is 12.8 Å². The summed E-state index contributed by atoms with van der Waals surface area (Å²) in [6.07, 6.45) is 1.58. The molecule has 0 bridgehead atoms. The normalized spacial score (nSPS) is 10.1. The van der Waals surface area contributed by atoms with E-state index in [1.54, 1.807) is 0 Å². The molecule has 1 N–H and O–H groups in total. The summed E-state index contributed by atoms with van der Waals surface area (Å²) in [7, 11) is 0. The van der Waals surface area contributed by atoms with Gasteiger partial charge in [-0.3, -0.25) is 0 Å². The molecule has 0 aliphatic heterocycles. The summed E-state index contributed by atoms with van der Waals surface area (Å²) in [5.74, 6) is 0. The molecule has 2 rings (SSSR count). The fourth-order valence-corrected chi connectivity index (χ4v) is 2.00. The van der Waals surface area contributed by atoms with Gasteiger partial charge in [-0.2, -0.15) is 5.26 Å². The first kappa shape index (κ1) is 13.3. The van der Waals surface area contributed by atoms with E-state index in [4.69, 9.17) is 5.26 Å². The zero-order chi connectivity index (χ0) is 13.3. The van der Waals surface area contributed by atoms with E-state index in [2.05, 4.69) is 59.9 Å². The molecular formula is C17H18N2. The van der Waals surface area contributed by atoms with Gasteiger partial charge in [0.15, 0.2) is 0 Å². The van der Waals surface area contributed by atoms with Crippen molar-refractivity contribution in [3.63, 3.8) is 0 Å². The van der Waals surface area contributed by atoms with E-state index in [-0.39, 0.29) is 0 Å². The highest BCUT2D eigenvalue weighted by molar-refractivity contribution is 5.63. The Morgan fingerprint density at radius 2 is 1.53 bits per heavy atom. The summed E-state index contributed by atoms with van der Waals surface area (Å²) in [6.45, 7) is 1.70. The van der Waals surface area contributed by atoms with Crippen molar-refractivity contribution in [1.82, 2.24) is 5.32 Å². The number of nitrogens with zero attached hydrogens (tertiary/aromatic N) is 1. The van der Waals surface area contributed by atoms with Gasteiger partial charge in [-0.1, -0.05) is 54.6 Å². The molecule has 2 aromatic carbocycles. The molecule has 0 saturated carbocycles. The van der Waals surface area contributed by atoms with E-state index in [9.17, 15) is 0 Å². The molecule has 0 aliphatic rings. The Labute approximate surface area is 114 Å². The van der Waals surface area contributed by atoms with Crippen molar-refractivity contribution in [1.29, 1.82) is 5.26 Å². The zero-order valence-corrected chi connectivity index (χ0v) is 11.0. The molecule has 2 nitrogen and oxygen atoms in total. The van der Waals surface area contributed by atoms with Crippen molar-refractivity contribution >= 4 is 0 Å². The van der Waals surface area contributed by atoms with Crippen LogP contribution in [-0.4, -0.2) is 13.1 Å². The van der Waals surface area contributed by atoms with E-state index < -0.39 is 0 Å². The highest BCUT2D eigenvalue weighted by Crippen LogP contribution is 2.19. The lowest BCUT2D eigenvalue weighted by Crippen LogP contribution is -2.17. The molecule has 96 valence electrons. The maximum Gasteiger partial charge on any atom is 0.0635 e. The average Bonchev–Trinajstić information content (AvgIpc) is 2.49. The molecule has 19 heavy (non-hydrogen) atoms. The highest BCUT2D eigenvalue weighted by atomic mass is 14.8. The van der Waals surface area contributed by atoms with Crippen LogP contribution in [0, 0.1) is 11.3 Å². The van der Waals surface area contributed by atoms with Crippen LogP contribution in [0.2, 0.25) is 0 Å². The first-order valence-electron chi connectivity index (χ1n) is 6.62. The number of hydrogen-bond acceptors (Lipinski definition) is 2. The lowest BCUT2D eigenvalue weighted by Gasteiger charge is -2.05. The van der Waals surface area contributed by atoms with Gasteiger partial charge in [0, 0.05) is 13.0 Å². The van der Waals surface area contributed by atoms with Gasteiger partial charge in [-0.05, 0) is 29.7 Å². The van der Waals surface area contributed by atoms with Crippen LogP contribution in [0.1, 0.15) is 12.0 Å². The number of benzene rings is 2. The minimum Gasteiger partial charge on any atom is -0.315 e. The summed E-state index contributed by atoms with van der Waals surface area (Å²) < 4.78 is 0. The molecule has 0 spiro atoms. The van der Waals surface area contributed by atoms with Crippen LogP contribution in [0.3, 0.4) is 0 Å². The summed E-state index contributed by atoms with van der Waals surface area (Å²) in [4.78, 5) is 0. The molecular weight excluding hydrogens is 232 g/mol. The number of rotatable bonds is 6. The Morgan fingerprint density at radius 1 is 0.842 bits per heavy atom. The monoisotopic (exact) mass is 250 g/mol. The third-order valence-electron chi connectivity index (χ3n) is 3.07. The van der Waals surface area contributed by atoms with Crippen LogP contribution < -0.4 is 5.32 Å². The minimum atomic E-state index is 0.576. The van der Waals surface area contributed by atoms with E-state index >= 15 is 0 Å². The van der Waals surface area contributed by atoms with Gasteiger partial charge in [0.1, 0.15) is 0 Å². The number of nitriles is 1. The van der Waals surface area contributed by atoms with Crippen molar-refractivity contribution < 1.29 is 0 Å². The fraction of sp³-hybridized carbons (Fsp3) is 0.235. The highest BCUT2D eigenvalue weighted by Gasteiger charge is 1.97. The van der Waals surface area contributed by atoms with Gasteiger partial charge in [-0.25, -0.2) is 0 Å². The molecule has 0 heterocycles. The molecule has 0 radical (unpaired) electrons. The van der Waals surface area contributed by atoms with Crippen LogP contribution in [0.5, 0.6) is 0 Å². The van der Waals surface area contributed by atoms with Gasteiger partial charge < -0.3 is 5.32 Å². The second-order valence-corrected chi connectivity index (χ2v) is 4.47. The van der Waals surface area contributed by atoms with Crippen molar-refractivity contribution in [3.8, 4) is 17.2 Å². The molecule has 0 amide bonds. The molecule has 0 unspecified atom stereocenters. The van der Waals surface area contributed by atoms with Crippen LogP contribution >= 0.6 is 0 Å². The zero-order valence-electron chi connectivity index (χ0n) is 11.0. The Balaban J connectivity index is 1.87. The Bertz CT molecular complexity index is 523. The van der Waals surface area contributed by atoms with E-state index in [0.717, 1.165) is 19.5 Å². The topological polar surface area (TPSA) is 35.8 Å². The fourth-order valence-electron chi connectivity index (χ4n) is 2.00. The summed E-state index contributed by atoms with van der Waals surface area (Å²) in [6, 6.07) is 21.2. The van der Waals surface area contributed by atoms with Crippen LogP contribution in [0.4, 0.5) is 0 Å². The SMILES string of the molecule is N#CCCNCCc1ccc(-c2ccccc2)cc1. The van der Waals surface area contributed by atoms with E-state index in [1.165, 1.54) is 16.7 Å². The molecule has 0 aliphatic carbocycles. The number of nitrogens with one attached hydrogen (secondary N) is 1. The second kappa shape index (κ2) is 7.35. The van der Waals surface area contributed by atoms with Crippen LogP contribution in [0.25, 0.3) is 11.1 Å². The third-order valence-corrected chi connectivity index (χ3v) is 3.07. The first-order valence-corrected chi connectivity index (χ1v) is 6.62. The predicted octanol–water partition coefficient (Wildman–Crippen LogP) is 3.40. The van der Waals surface area contributed by atoms with Crippen LogP contribution in [0.15, 0.2) is 54.6 Å². The maximum absolute atomic E-state index is 8.43. The third kappa shape index (κ3) is 4.24. The van der Waals surface area contributed by atoms with Crippen molar-refractivity contribution in [2.24, 2.45) is 0 Å². The number of hydrogen-bond donors (Lipinski definition) is 1. The summed E-state index contributed by atoms with van der Waals surface area (Å²) in [5, 5.41) is 11.7.